The molecule has 1 fully saturated rings. The second-order valence-corrected chi connectivity index (χ2v) is 12.3. The molecule has 2 N–H and O–H groups in total. The molecular weight excluding hydrogens is 488 g/mol. The first-order valence-corrected chi connectivity index (χ1v) is 13.5. The largest absolute Gasteiger partial charge is 0.326 e. The monoisotopic (exact) mass is 514 g/mol. The fraction of sp³-hybridized carbons (Fsp3) is 0.381. The highest BCUT2D eigenvalue weighted by Gasteiger charge is 2.33. The maximum Gasteiger partial charge on any atom is 0.281 e. The topological polar surface area (TPSA) is 116 Å². The Morgan fingerprint density at radius 1 is 1.09 bits per heavy atom. The fourth-order valence-corrected chi connectivity index (χ4v) is 5.95. The van der Waals surface area contributed by atoms with E-state index in [9.17, 15) is 21.6 Å². The summed E-state index contributed by atoms with van der Waals surface area (Å²) in [5, 5.41) is 3.16. The molecule has 0 aromatic heterocycles. The van der Waals surface area contributed by atoms with Crippen molar-refractivity contribution < 1.29 is 21.6 Å². The van der Waals surface area contributed by atoms with Crippen LogP contribution in [0.3, 0.4) is 0 Å². The lowest BCUT2D eigenvalue weighted by Gasteiger charge is -2.32. The van der Waals surface area contributed by atoms with Crippen molar-refractivity contribution in [3.8, 4) is 0 Å². The van der Waals surface area contributed by atoms with Gasteiger partial charge in [-0.1, -0.05) is 17.7 Å². The average molecular weight is 515 g/mol. The van der Waals surface area contributed by atoms with Gasteiger partial charge < -0.3 is 5.32 Å². The molecule has 2 aromatic rings. The molecule has 12 heteroatoms. The predicted octanol–water partition coefficient (Wildman–Crippen LogP) is 2.91. The number of piperidine rings is 1. The fourth-order valence-electron chi connectivity index (χ4n) is 3.47. The number of nitrogens with zero attached hydrogens (tertiary/aromatic N) is 2. The van der Waals surface area contributed by atoms with Crippen LogP contribution in [0.1, 0.15) is 18.4 Å². The Balaban J connectivity index is 1.67. The highest BCUT2D eigenvalue weighted by molar-refractivity contribution is 7.92. The van der Waals surface area contributed by atoms with Crippen LogP contribution in [0.5, 0.6) is 0 Å². The van der Waals surface area contributed by atoms with Gasteiger partial charge in [0.2, 0.25) is 5.91 Å². The van der Waals surface area contributed by atoms with Gasteiger partial charge >= 0.3 is 0 Å². The number of sulfonamides is 1. The summed E-state index contributed by atoms with van der Waals surface area (Å²) in [5.74, 6) is -0.804. The molecule has 3 rings (SSSR count). The quantitative estimate of drug-likeness (QED) is 0.589. The first-order valence-electron chi connectivity index (χ1n) is 10.3. The van der Waals surface area contributed by atoms with Crippen LogP contribution in [0, 0.1) is 12.8 Å². The Bertz CT molecular complexity index is 1230. The van der Waals surface area contributed by atoms with Gasteiger partial charge in [0.25, 0.3) is 20.2 Å². The van der Waals surface area contributed by atoms with Gasteiger partial charge in [-0.3, -0.25) is 9.52 Å². The number of anilines is 2. The minimum absolute atomic E-state index is 0.0285. The summed E-state index contributed by atoms with van der Waals surface area (Å²) in [4.78, 5) is 12.7. The summed E-state index contributed by atoms with van der Waals surface area (Å²) in [6.07, 6.45) is 1.15. The van der Waals surface area contributed by atoms with Crippen LogP contribution in [0.15, 0.2) is 47.4 Å². The summed E-state index contributed by atoms with van der Waals surface area (Å²) in [6, 6.07) is 10.7. The van der Waals surface area contributed by atoms with Crippen LogP contribution in [-0.4, -0.2) is 58.5 Å². The first-order chi connectivity index (χ1) is 15.4. The Hall–Kier alpha value is -2.18. The highest BCUT2D eigenvalue weighted by atomic mass is 35.5. The molecule has 1 heterocycles. The lowest BCUT2D eigenvalue weighted by atomic mass is 9.99. The van der Waals surface area contributed by atoms with Crippen molar-refractivity contribution in [1.82, 2.24) is 8.61 Å². The van der Waals surface area contributed by atoms with Gasteiger partial charge in [-0.2, -0.15) is 17.0 Å². The molecule has 0 saturated carbocycles. The summed E-state index contributed by atoms with van der Waals surface area (Å²) < 4.78 is 55.1. The molecule has 9 nitrogen and oxygen atoms in total. The maximum atomic E-state index is 12.7. The molecule has 0 bridgehead atoms. The van der Waals surface area contributed by atoms with Gasteiger partial charge in [-0.25, -0.2) is 8.42 Å². The minimum atomic E-state index is -3.85. The lowest BCUT2D eigenvalue weighted by Crippen LogP contribution is -2.47. The molecule has 1 atom stereocenters. The summed E-state index contributed by atoms with van der Waals surface area (Å²) in [5.41, 5.74) is 1.53. The lowest BCUT2D eigenvalue weighted by molar-refractivity contribution is -0.120. The van der Waals surface area contributed by atoms with Crippen LogP contribution >= 0.6 is 11.6 Å². The molecule has 0 aliphatic carbocycles. The van der Waals surface area contributed by atoms with Gasteiger partial charge in [0.1, 0.15) is 0 Å². The number of rotatable bonds is 7. The molecule has 0 radical (unpaired) electrons. The number of nitrogens with one attached hydrogen (secondary N) is 2. The molecule has 0 spiro atoms. The van der Waals surface area contributed by atoms with Crippen molar-refractivity contribution in [2.45, 2.75) is 24.7 Å². The second-order valence-electron chi connectivity index (χ2n) is 8.07. The number of carbonyl (C=O) groups excluding carboxylic acids is 1. The van der Waals surface area contributed by atoms with Crippen LogP contribution < -0.4 is 10.0 Å². The first kappa shape index (κ1) is 25.4. The average Bonchev–Trinajstić information content (AvgIpc) is 2.76. The Morgan fingerprint density at radius 3 is 2.39 bits per heavy atom. The van der Waals surface area contributed by atoms with E-state index >= 15 is 0 Å². The second kappa shape index (κ2) is 9.98. The molecule has 1 amide bonds. The van der Waals surface area contributed by atoms with Gasteiger partial charge in [-0.05, 0) is 61.7 Å². The predicted molar refractivity (Wildman–Crippen MR) is 129 cm³/mol. The number of amides is 1. The third-order valence-electron chi connectivity index (χ3n) is 5.42. The summed E-state index contributed by atoms with van der Waals surface area (Å²) in [6.45, 7) is 2.24. The number of hydrogen-bond donors (Lipinski definition) is 2. The number of aryl methyl sites for hydroxylation is 1. The molecule has 33 heavy (non-hydrogen) atoms. The molecule has 0 unspecified atom stereocenters. The van der Waals surface area contributed by atoms with Crippen molar-refractivity contribution >= 4 is 49.1 Å². The van der Waals surface area contributed by atoms with Crippen LogP contribution in [0.25, 0.3) is 0 Å². The Labute approximate surface area is 200 Å². The molecule has 1 aliphatic heterocycles. The number of hydrogen-bond acceptors (Lipinski definition) is 5. The van der Waals surface area contributed by atoms with Gasteiger partial charge in [0.05, 0.1) is 16.5 Å². The van der Waals surface area contributed by atoms with Gasteiger partial charge in [0.15, 0.2) is 0 Å². The van der Waals surface area contributed by atoms with E-state index in [-0.39, 0.29) is 17.3 Å². The van der Waals surface area contributed by atoms with Gasteiger partial charge in [-0.15, -0.1) is 0 Å². The van der Waals surface area contributed by atoms with Crippen LogP contribution in [-0.2, 0) is 25.0 Å². The summed E-state index contributed by atoms with van der Waals surface area (Å²) in [7, 11) is -4.53. The Morgan fingerprint density at radius 2 is 1.76 bits per heavy atom. The SMILES string of the molecule is Cc1ccc(Cl)cc1NS(=O)(=O)c1ccc(NC(=O)[C@H]2CCCN(S(=O)(=O)N(C)C)C2)cc1. The molecule has 1 saturated heterocycles. The van der Waals surface area contributed by atoms with E-state index in [2.05, 4.69) is 10.0 Å². The van der Waals surface area contributed by atoms with Crippen molar-refractivity contribution in [2.75, 3.05) is 37.2 Å². The van der Waals surface area contributed by atoms with E-state index in [0.29, 0.717) is 35.8 Å². The standard InChI is InChI=1S/C21H27ClN4O5S2/c1-15-6-7-17(22)13-20(15)24-32(28,29)19-10-8-18(9-11-19)23-21(27)16-5-4-12-26(14-16)33(30,31)25(2)3/h6-11,13,16,24H,4-5,12,14H2,1-3H3,(H,23,27)/t16-/m0/s1. The van der Waals surface area contributed by atoms with Crippen LogP contribution in [0.4, 0.5) is 11.4 Å². The van der Waals surface area contributed by atoms with E-state index in [0.717, 1.165) is 9.87 Å². The Kier molecular flexibility index (Phi) is 7.69. The van der Waals surface area contributed by atoms with E-state index in [1.54, 1.807) is 19.1 Å². The number of halogens is 1. The van der Waals surface area contributed by atoms with E-state index in [1.807, 2.05) is 0 Å². The third kappa shape index (κ3) is 6.04. The minimum Gasteiger partial charge on any atom is -0.326 e. The van der Waals surface area contributed by atoms with E-state index in [1.165, 1.54) is 48.7 Å². The summed E-state index contributed by atoms with van der Waals surface area (Å²) >= 11 is 5.96. The zero-order valence-electron chi connectivity index (χ0n) is 18.6. The molecule has 180 valence electrons. The molecular formula is C21H27ClN4O5S2. The number of benzene rings is 2. The zero-order valence-corrected chi connectivity index (χ0v) is 21.0. The maximum absolute atomic E-state index is 12.7. The zero-order chi connectivity index (χ0) is 24.4. The van der Waals surface area contributed by atoms with Crippen molar-refractivity contribution in [2.24, 2.45) is 5.92 Å². The third-order valence-corrected chi connectivity index (χ3v) is 8.94. The molecule has 2 aromatic carbocycles. The normalized spacial score (nSPS) is 17.7. The van der Waals surface area contributed by atoms with E-state index < -0.39 is 26.2 Å². The van der Waals surface area contributed by atoms with Crippen molar-refractivity contribution in [1.29, 1.82) is 0 Å². The van der Waals surface area contributed by atoms with Crippen LogP contribution in [0.2, 0.25) is 5.02 Å². The molecule has 1 aliphatic rings. The van der Waals surface area contributed by atoms with Crippen molar-refractivity contribution in [3.05, 3.63) is 53.1 Å². The smallest absolute Gasteiger partial charge is 0.281 e. The van der Waals surface area contributed by atoms with E-state index in [4.69, 9.17) is 11.6 Å². The number of carbonyl (C=O) groups is 1. The van der Waals surface area contributed by atoms with Crippen molar-refractivity contribution in [3.63, 3.8) is 0 Å². The van der Waals surface area contributed by atoms with Gasteiger partial charge in [0, 0.05) is 37.9 Å². The highest BCUT2D eigenvalue weighted by Crippen LogP contribution is 2.25.